The van der Waals surface area contributed by atoms with Crippen LogP contribution in [0.1, 0.15) is 34.9 Å². The zero-order valence-corrected chi connectivity index (χ0v) is 14.6. The average Bonchev–Trinajstić information content (AvgIpc) is 3.12. The summed E-state index contributed by atoms with van der Waals surface area (Å²) in [6.07, 6.45) is 1.85. The number of amides is 1. The number of aromatic nitrogens is 2. The highest BCUT2D eigenvalue weighted by molar-refractivity contribution is 5.94. The van der Waals surface area contributed by atoms with Crippen LogP contribution in [0.15, 0.2) is 48.5 Å². The van der Waals surface area contributed by atoms with Crippen LogP contribution in [-0.2, 0) is 0 Å². The first-order chi connectivity index (χ1) is 13.1. The molecule has 2 heterocycles. The molecule has 0 aliphatic carbocycles. The molecule has 1 fully saturated rings. The number of nitrogens with one attached hydrogen (secondary N) is 1. The van der Waals surface area contributed by atoms with Gasteiger partial charge in [-0.05, 0) is 49.2 Å². The van der Waals surface area contributed by atoms with E-state index in [0.717, 1.165) is 29.7 Å². The summed E-state index contributed by atoms with van der Waals surface area (Å²) in [7, 11) is 0. The Bertz CT molecular complexity index is 907. The van der Waals surface area contributed by atoms with E-state index >= 15 is 0 Å². The molecule has 1 unspecified atom stereocenters. The maximum atomic E-state index is 12.8. The second-order valence-electron chi connectivity index (χ2n) is 6.63. The van der Waals surface area contributed by atoms with Crippen molar-refractivity contribution in [3.05, 3.63) is 59.9 Å². The van der Waals surface area contributed by atoms with E-state index in [1.165, 1.54) is 24.3 Å². The molecule has 2 aromatic carbocycles. The third-order valence-electron chi connectivity index (χ3n) is 4.83. The number of imidazole rings is 1. The fourth-order valence-electron chi connectivity index (χ4n) is 3.51. The number of aromatic amines is 1. The smallest absolute Gasteiger partial charge is 0.387 e. The van der Waals surface area contributed by atoms with Crippen LogP contribution < -0.4 is 4.74 Å². The summed E-state index contributed by atoms with van der Waals surface area (Å²) >= 11 is 0. The van der Waals surface area contributed by atoms with Gasteiger partial charge < -0.3 is 14.6 Å². The van der Waals surface area contributed by atoms with Crippen LogP contribution in [0, 0.1) is 0 Å². The molecular weight excluding hydrogens is 352 g/mol. The standard InChI is InChI=1S/C20H19F2N3O2/c21-20(22)27-15-9-7-13(8-10-15)19(26)25-11-3-4-14(12-25)18-23-16-5-1-2-6-17(16)24-18/h1-2,5-10,14,20H,3-4,11-12H2,(H,23,24). The molecule has 1 aromatic heterocycles. The molecule has 1 atom stereocenters. The van der Waals surface area contributed by atoms with Crippen molar-refractivity contribution in [3.8, 4) is 5.75 Å². The Morgan fingerprint density at radius 2 is 1.96 bits per heavy atom. The topological polar surface area (TPSA) is 58.2 Å². The summed E-state index contributed by atoms with van der Waals surface area (Å²) in [5.41, 5.74) is 2.37. The van der Waals surface area contributed by atoms with Crippen molar-refractivity contribution >= 4 is 16.9 Å². The number of hydrogen-bond donors (Lipinski definition) is 1. The largest absolute Gasteiger partial charge is 0.435 e. The van der Waals surface area contributed by atoms with Gasteiger partial charge in [-0.25, -0.2) is 4.98 Å². The molecule has 3 aromatic rings. The van der Waals surface area contributed by atoms with Gasteiger partial charge in [0, 0.05) is 24.6 Å². The Kier molecular flexibility index (Phi) is 4.75. The van der Waals surface area contributed by atoms with Crippen molar-refractivity contribution in [2.24, 2.45) is 0 Å². The third kappa shape index (κ3) is 3.77. The number of carbonyl (C=O) groups excluding carboxylic acids is 1. The number of carbonyl (C=O) groups is 1. The Morgan fingerprint density at radius 1 is 1.19 bits per heavy atom. The van der Waals surface area contributed by atoms with Crippen LogP contribution in [0.5, 0.6) is 5.75 Å². The maximum absolute atomic E-state index is 12.8. The van der Waals surface area contributed by atoms with Gasteiger partial charge in [-0.1, -0.05) is 12.1 Å². The fraction of sp³-hybridized carbons (Fsp3) is 0.300. The molecule has 0 radical (unpaired) electrons. The van der Waals surface area contributed by atoms with Crippen molar-refractivity contribution in [3.63, 3.8) is 0 Å². The number of benzene rings is 2. The first kappa shape index (κ1) is 17.5. The maximum Gasteiger partial charge on any atom is 0.387 e. The van der Waals surface area contributed by atoms with Gasteiger partial charge in [0.15, 0.2) is 0 Å². The molecule has 5 nitrogen and oxygen atoms in total. The number of fused-ring (bicyclic) bond motifs is 1. The van der Waals surface area contributed by atoms with Crippen LogP contribution >= 0.6 is 0 Å². The first-order valence-corrected chi connectivity index (χ1v) is 8.89. The number of likely N-dealkylation sites (tertiary alicyclic amines) is 1. The number of nitrogens with zero attached hydrogens (tertiary/aromatic N) is 2. The van der Waals surface area contributed by atoms with Gasteiger partial charge in [-0.2, -0.15) is 8.78 Å². The van der Waals surface area contributed by atoms with Crippen LogP contribution in [-0.4, -0.2) is 40.5 Å². The van der Waals surface area contributed by atoms with Gasteiger partial charge in [0.1, 0.15) is 11.6 Å². The van der Waals surface area contributed by atoms with Crippen LogP contribution in [0.25, 0.3) is 11.0 Å². The van der Waals surface area contributed by atoms with Crippen LogP contribution in [0.4, 0.5) is 8.78 Å². The lowest BCUT2D eigenvalue weighted by Crippen LogP contribution is -2.39. The van der Waals surface area contributed by atoms with Crippen molar-refractivity contribution in [2.75, 3.05) is 13.1 Å². The number of H-pyrrole nitrogens is 1. The number of halogens is 2. The predicted molar refractivity (Wildman–Crippen MR) is 97.0 cm³/mol. The summed E-state index contributed by atoms with van der Waals surface area (Å²) in [6, 6.07) is 13.7. The molecule has 0 spiro atoms. The second-order valence-corrected chi connectivity index (χ2v) is 6.63. The molecule has 1 amide bonds. The third-order valence-corrected chi connectivity index (χ3v) is 4.83. The molecule has 1 aliphatic rings. The number of piperidine rings is 1. The van der Waals surface area contributed by atoms with Gasteiger partial charge in [-0.15, -0.1) is 0 Å². The molecule has 1 aliphatic heterocycles. The first-order valence-electron chi connectivity index (χ1n) is 8.89. The SMILES string of the molecule is O=C(c1ccc(OC(F)F)cc1)N1CCCC(c2nc3ccccc3[nH]2)C1. The summed E-state index contributed by atoms with van der Waals surface area (Å²) in [4.78, 5) is 22.6. The number of alkyl halides is 2. The number of ether oxygens (including phenoxy) is 1. The van der Waals surface area contributed by atoms with Crippen molar-refractivity contribution < 1.29 is 18.3 Å². The molecule has 0 saturated carbocycles. The molecular formula is C20H19F2N3O2. The zero-order valence-electron chi connectivity index (χ0n) is 14.6. The monoisotopic (exact) mass is 371 g/mol. The average molecular weight is 371 g/mol. The Hall–Kier alpha value is -2.96. The Balaban J connectivity index is 1.48. The fourth-order valence-corrected chi connectivity index (χ4v) is 3.51. The minimum Gasteiger partial charge on any atom is -0.435 e. The van der Waals surface area contributed by atoms with Crippen molar-refractivity contribution in [1.82, 2.24) is 14.9 Å². The van der Waals surface area contributed by atoms with Gasteiger partial charge >= 0.3 is 6.61 Å². The van der Waals surface area contributed by atoms with Gasteiger partial charge in [0.25, 0.3) is 5.91 Å². The van der Waals surface area contributed by atoms with Crippen molar-refractivity contribution in [2.45, 2.75) is 25.4 Å². The summed E-state index contributed by atoms with van der Waals surface area (Å²) in [6.45, 7) is -1.63. The van der Waals surface area contributed by atoms with Crippen molar-refractivity contribution in [1.29, 1.82) is 0 Å². The zero-order chi connectivity index (χ0) is 18.8. The molecule has 27 heavy (non-hydrogen) atoms. The minimum absolute atomic E-state index is 0.0420. The van der Waals surface area contributed by atoms with E-state index in [2.05, 4.69) is 14.7 Å². The van der Waals surface area contributed by atoms with Crippen LogP contribution in [0.3, 0.4) is 0 Å². The highest BCUT2D eigenvalue weighted by atomic mass is 19.3. The van der Waals surface area contributed by atoms with E-state index in [1.807, 2.05) is 24.3 Å². The normalized spacial score (nSPS) is 17.4. The molecule has 7 heteroatoms. The highest BCUT2D eigenvalue weighted by Gasteiger charge is 2.27. The van der Waals surface area contributed by atoms with Gasteiger partial charge in [0.05, 0.1) is 11.0 Å². The number of rotatable bonds is 4. The van der Waals surface area contributed by atoms with E-state index in [9.17, 15) is 13.6 Å². The highest BCUT2D eigenvalue weighted by Crippen LogP contribution is 2.28. The molecule has 140 valence electrons. The molecule has 1 N–H and O–H groups in total. The predicted octanol–water partition coefficient (Wildman–Crippen LogP) is 4.18. The summed E-state index contributed by atoms with van der Waals surface area (Å²) < 4.78 is 28.8. The molecule has 1 saturated heterocycles. The lowest BCUT2D eigenvalue weighted by Gasteiger charge is -2.32. The van der Waals surface area contributed by atoms with E-state index in [1.54, 1.807) is 4.90 Å². The van der Waals surface area contributed by atoms with Crippen LogP contribution in [0.2, 0.25) is 0 Å². The Morgan fingerprint density at radius 3 is 2.70 bits per heavy atom. The van der Waals surface area contributed by atoms with Gasteiger partial charge in [0.2, 0.25) is 0 Å². The van der Waals surface area contributed by atoms with E-state index in [-0.39, 0.29) is 17.6 Å². The summed E-state index contributed by atoms with van der Waals surface area (Å²) in [5.74, 6) is 0.977. The molecule has 0 bridgehead atoms. The minimum atomic E-state index is -2.88. The lowest BCUT2D eigenvalue weighted by molar-refractivity contribution is -0.0498. The quantitative estimate of drug-likeness (QED) is 0.748. The van der Waals surface area contributed by atoms with E-state index in [4.69, 9.17) is 0 Å². The Labute approximate surface area is 155 Å². The number of hydrogen-bond acceptors (Lipinski definition) is 3. The lowest BCUT2D eigenvalue weighted by atomic mass is 9.96. The molecule has 4 rings (SSSR count). The number of para-hydroxylation sites is 2. The van der Waals surface area contributed by atoms with E-state index in [0.29, 0.717) is 18.7 Å². The second kappa shape index (κ2) is 7.34. The summed E-state index contributed by atoms with van der Waals surface area (Å²) in [5, 5.41) is 0. The van der Waals surface area contributed by atoms with Gasteiger partial charge in [-0.3, -0.25) is 4.79 Å². The van der Waals surface area contributed by atoms with E-state index < -0.39 is 6.61 Å².